The summed E-state index contributed by atoms with van der Waals surface area (Å²) < 4.78 is 28.0. The van der Waals surface area contributed by atoms with Crippen molar-refractivity contribution in [3.8, 4) is 0 Å². The van der Waals surface area contributed by atoms with Crippen LogP contribution in [0.5, 0.6) is 0 Å². The van der Waals surface area contributed by atoms with E-state index in [-0.39, 0.29) is 10.8 Å². The van der Waals surface area contributed by atoms with Crippen molar-refractivity contribution in [2.75, 3.05) is 28.6 Å². The molecule has 0 aliphatic carbocycles. The van der Waals surface area contributed by atoms with E-state index in [1.807, 2.05) is 0 Å². The lowest BCUT2D eigenvalue weighted by Crippen LogP contribution is -2.33. The number of carbonyl (C=O) groups excluding carboxylic acids is 1. The van der Waals surface area contributed by atoms with Crippen LogP contribution in [0.25, 0.3) is 0 Å². The fourth-order valence-electron chi connectivity index (χ4n) is 2.64. The Labute approximate surface area is 160 Å². The summed E-state index contributed by atoms with van der Waals surface area (Å²) in [6, 6.07) is 12.0. The average Bonchev–Trinajstić information content (AvgIpc) is 2.60. The molecule has 0 spiro atoms. The van der Waals surface area contributed by atoms with E-state index in [0.29, 0.717) is 12.2 Å². The molecule has 2 aromatic carbocycles. The van der Waals surface area contributed by atoms with Crippen molar-refractivity contribution in [3.63, 3.8) is 0 Å². The van der Waals surface area contributed by atoms with Crippen molar-refractivity contribution < 1.29 is 13.2 Å². The molecule has 5 nitrogen and oxygen atoms in total. The topological polar surface area (TPSA) is 57.7 Å². The molecule has 0 N–H and O–H groups in total. The van der Waals surface area contributed by atoms with Crippen LogP contribution in [0.4, 0.5) is 11.4 Å². The second kappa shape index (κ2) is 7.01. The fraction of sp³-hybridized carbons (Fsp3) is 0.235. The van der Waals surface area contributed by atoms with E-state index in [0.717, 1.165) is 20.8 Å². The van der Waals surface area contributed by atoms with Gasteiger partial charge in [0.25, 0.3) is 10.0 Å². The second-order valence-electron chi connectivity index (χ2n) is 5.60. The van der Waals surface area contributed by atoms with Crippen LogP contribution in [0.3, 0.4) is 0 Å². The van der Waals surface area contributed by atoms with Crippen molar-refractivity contribution in [1.82, 2.24) is 0 Å². The standard InChI is InChI=1S/C17H17BrN2O3S2/c1-12(21)20-9-10-24-17-11-15(7-8-16(17)20)25(22,23)19(2)14-5-3-13(18)4-6-14/h3-8,11H,9-10H2,1-2H3. The summed E-state index contributed by atoms with van der Waals surface area (Å²) in [4.78, 5) is 14.5. The maximum Gasteiger partial charge on any atom is 0.264 e. The summed E-state index contributed by atoms with van der Waals surface area (Å²) >= 11 is 4.91. The van der Waals surface area contributed by atoms with Gasteiger partial charge in [0.2, 0.25) is 5.91 Å². The lowest BCUT2D eigenvalue weighted by atomic mass is 10.2. The minimum atomic E-state index is -3.67. The Morgan fingerprint density at radius 1 is 1.20 bits per heavy atom. The first-order valence-corrected chi connectivity index (χ1v) is 10.8. The zero-order chi connectivity index (χ0) is 18.2. The predicted molar refractivity (Wildman–Crippen MR) is 105 cm³/mol. The van der Waals surface area contributed by atoms with Crippen molar-refractivity contribution in [1.29, 1.82) is 0 Å². The molecule has 8 heteroatoms. The minimum Gasteiger partial charge on any atom is -0.311 e. The number of halogens is 1. The first kappa shape index (κ1) is 18.3. The molecule has 1 aliphatic rings. The third kappa shape index (κ3) is 3.56. The molecule has 0 atom stereocenters. The van der Waals surface area contributed by atoms with Crippen molar-refractivity contribution in [2.24, 2.45) is 0 Å². The summed E-state index contributed by atoms with van der Waals surface area (Å²) in [5.41, 5.74) is 1.35. The third-order valence-corrected chi connectivity index (χ3v) is 7.36. The SMILES string of the molecule is CC(=O)N1CCSc2cc(S(=O)(=O)N(C)c3ccc(Br)cc3)ccc21. The summed E-state index contributed by atoms with van der Waals surface area (Å²) in [5.74, 6) is 0.711. The maximum absolute atomic E-state index is 12.9. The summed E-state index contributed by atoms with van der Waals surface area (Å²) in [7, 11) is -2.14. The molecule has 1 aliphatic heterocycles. The Morgan fingerprint density at radius 3 is 2.52 bits per heavy atom. The third-order valence-electron chi connectivity index (χ3n) is 4.02. The van der Waals surface area contributed by atoms with Crippen LogP contribution in [0.2, 0.25) is 0 Å². The second-order valence-corrected chi connectivity index (χ2v) is 9.62. The first-order chi connectivity index (χ1) is 11.8. The molecule has 0 bridgehead atoms. The van der Waals surface area contributed by atoms with E-state index in [4.69, 9.17) is 0 Å². The summed E-state index contributed by atoms with van der Waals surface area (Å²) in [6.07, 6.45) is 0. The van der Waals surface area contributed by atoms with Crippen LogP contribution in [0, 0.1) is 0 Å². The molecule has 132 valence electrons. The quantitative estimate of drug-likeness (QED) is 0.729. The van der Waals surface area contributed by atoms with E-state index in [9.17, 15) is 13.2 Å². The van der Waals surface area contributed by atoms with Gasteiger partial charge in [-0.15, -0.1) is 11.8 Å². The van der Waals surface area contributed by atoms with Crippen molar-refractivity contribution >= 4 is 55.0 Å². The Bertz CT molecular complexity index is 914. The normalized spacial score (nSPS) is 14.1. The highest BCUT2D eigenvalue weighted by molar-refractivity contribution is 9.10. The monoisotopic (exact) mass is 440 g/mol. The molecule has 0 saturated heterocycles. The number of fused-ring (bicyclic) bond motifs is 1. The molecule has 3 rings (SSSR count). The lowest BCUT2D eigenvalue weighted by molar-refractivity contribution is -0.116. The van der Waals surface area contributed by atoms with Gasteiger partial charge >= 0.3 is 0 Å². The molecule has 2 aromatic rings. The number of carbonyl (C=O) groups is 1. The highest BCUT2D eigenvalue weighted by Crippen LogP contribution is 2.37. The zero-order valence-electron chi connectivity index (χ0n) is 13.8. The number of nitrogens with zero attached hydrogens (tertiary/aromatic N) is 2. The molecule has 0 saturated carbocycles. The highest BCUT2D eigenvalue weighted by Gasteiger charge is 2.26. The molecular weight excluding hydrogens is 424 g/mol. The Hall–Kier alpha value is -1.51. The summed E-state index contributed by atoms with van der Waals surface area (Å²) in [5, 5.41) is 0. The van der Waals surface area contributed by atoms with Crippen molar-refractivity contribution in [2.45, 2.75) is 16.7 Å². The van der Waals surface area contributed by atoms with Gasteiger partial charge in [-0.05, 0) is 42.5 Å². The number of hydrogen-bond acceptors (Lipinski definition) is 4. The number of benzene rings is 2. The van der Waals surface area contributed by atoms with Crippen LogP contribution in [0.1, 0.15) is 6.92 Å². The van der Waals surface area contributed by atoms with Gasteiger partial charge in [-0.3, -0.25) is 9.10 Å². The molecular formula is C17H17BrN2O3S2. The van der Waals surface area contributed by atoms with E-state index in [2.05, 4.69) is 15.9 Å². The highest BCUT2D eigenvalue weighted by atomic mass is 79.9. The molecule has 1 amide bonds. The number of thioether (sulfide) groups is 1. The smallest absolute Gasteiger partial charge is 0.264 e. The number of anilines is 2. The average molecular weight is 441 g/mol. The van der Waals surface area contributed by atoms with E-state index >= 15 is 0 Å². The van der Waals surface area contributed by atoms with Crippen LogP contribution >= 0.6 is 27.7 Å². The maximum atomic E-state index is 12.9. The molecule has 0 radical (unpaired) electrons. The van der Waals surface area contributed by atoms with Gasteiger partial charge in [0.05, 0.1) is 16.3 Å². The van der Waals surface area contributed by atoms with Crippen molar-refractivity contribution in [3.05, 3.63) is 46.9 Å². The van der Waals surface area contributed by atoms with Crippen LogP contribution < -0.4 is 9.21 Å². The molecule has 1 heterocycles. The van der Waals surface area contributed by atoms with Gasteiger partial charge < -0.3 is 4.90 Å². The number of rotatable bonds is 3. The van der Waals surface area contributed by atoms with Crippen LogP contribution in [-0.2, 0) is 14.8 Å². The zero-order valence-corrected chi connectivity index (χ0v) is 17.0. The van der Waals surface area contributed by atoms with E-state index < -0.39 is 10.0 Å². The van der Waals surface area contributed by atoms with Gasteiger partial charge in [0.1, 0.15) is 0 Å². The first-order valence-electron chi connectivity index (χ1n) is 7.60. The Morgan fingerprint density at radius 2 is 1.88 bits per heavy atom. The van der Waals surface area contributed by atoms with Gasteiger partial charge in [0.15, 0.2) is 0 Å². The number of hydrogen-bond donors (Lipinski definition) is 0. The fourth-order valence-corrected chi connectivity index (χ4v) is 5.23. The molecule has 0 aromatic heterocycles. The van der Waals surface area contributed by atoms with Crippen LogP contribution in [-0.4, -0.2) is 33.7 Å². The van der Waals surface area contributed by atoms with Gasteiger partial charge in [-0.25, -0.2) is 8.42 Å². The predicted octanol–water partition coefficient (Wildman–Crippen LogP) is 3.73. The van der Waals surface area contributed by atoms with Gasteiger partial charge in [0, 0.05) is 35.6 Å². The lowest BCUT2D eigenvalue weighted by Gasteiger charge is -2.29. The molecule has 0 fully saturated rings. The van der Waals surface area contributed by atoms with E-state index in [1.54, 1.807) is 59.1 Å². The van der Waals surface area contributed by atoms with Gasteiger partial charge in [-0.2, -0.15) is 0 Å². The Kier molecular flexibility index (Phi) is 5.13. The van der Waals surface area contributed by atoms with E-state index in [1.165, 1.54) is 18.3 Å². The Balaban J connectivity index is 1.98. The number of amides is 1. The number of sulfonamides is 1. The molecule has 25 heavy (non-hydrogen) atoms. The largest absolute Gasteiger partial charge is 0.311 e. The summed E-state index contributed by atoms with van der Waals surface area (Å²) in [6.45, 7) is 2.16. The van der Waals surface area contributed by atoms with Crippen LogP contribution in [0.15, 0.2) is 56.7 Å². The van der Waals surface area contributed by atoms with Gasteiger partial charge in [-0.1, -0.05) is 15.9 Å². The molecule has 0 unspecified atom stereocenters. The minimum absolute atomic E-state index is 0.0378.